The highest BCUT2D eigenvalue weighted by atomic mass is 16.6. The molecule has 1 aliphatic rings. The van der Waals surface area contributed by atoms with Crippen LogP contribution >= 0.6 is 0 Å². The van der Waals surface area contributed by atoms with Crippen LogP contribution in [0.2, 0.25) is 0 Å². The summed E-state index contributed by atoms with van der Waals surface area (Å²) in [4.78, 5) is 22.3. The number of carbonyl (C=O) groups is 2. The van der Waals surface area contributed by atoms with E-state index in [2.05, 4.69) is 0 Å². The van der Waals surface area contributed by atoms with Gasteiger partial charge in [-0.3, -0.25) is 4.79 Å². The monoisotopic (exact) mass is 228 g/mol. The Balaban J connectivity index is 2.39. The summed E-state index contributed by atoms with van der Waals surface area (Å²) in [5, 5.41) is 11.0. The van der Waals surface area contributed by atoms with Gasteiger partial charge in [0, 0.05) is 11.1 Å². The van der Waals surface area contributed by atoms with E-state index in [4.69, 9.17) is 4.74 Å². The Labute approximate surface area is 96.4 Å². The zero-order valence-corrected chi connectivity index (χ0v) is 8.71. The topological polar surface area (TPSA) is 63.6 Å². The van der Waals surface area contributed by atoms with Crippen molar-refractivity contribution in [3.8, 4) is 0 Å². The predicted octanol–water partition coefficient (Wildman–Crippen LogP) is 1.81. The summed E-state index contributed by atoms with van der Waals surface area (Å²) in [5.74, 6) is -0.536. The Hall–Kier alpha value is -2.20. The van der Waals surface area contributed by atoms with Gasteiger partial charge in [-0.25, -0.2) is 4.79 Å². The molecule has 1 aliphatic heterocycles. The molecule has 84 valence electrons. The van der Waals surface area contributed by atoms with Crippen molar-refractivity contribution in [1.82, 2.24) is 0 Å². The molecular formula is C13H8O4. The first-order valence-corrected chi connectivity index (χ1v) is 5.11. The van der Waals surface area contributed by atoms with Gasteiger partial charge < -0.3 is 9.84 Å². The van der Waals surface area contributed by atoms with E-state index in [9.17, 15) is 14.7 Å². The maximum Gasteiger partial charge on any atom is 0.341 e. The third kappa shape index (κ3) is 1.34. The molecular weight excluding hydrogens is 220 g/mol. The van der Waals surface area contributed by atoms with E-state index in [1.54, 1.807) is 30.3 Å². The number of hydrogen-bond acceptors (Lipinski definition) is 4. The van der Waals surface area contributed by atoms with Crippen molar-refractivity contribution in [2.24, 2.45) is 0 Å². The van der Waals surface area contributed by atoms with Crippen LogP contribution in [-0.2, 0) is 4.74 Å². The van der Waals surface area contributed by atoms with Crippen LogP contribution in [0.15, 0.2) is 30.3 Å². The number of aliphatic hydroxyl groups excluding tert-OH is 1. The van der Waals surface area contributed by atoms with Gasteiger partial charge >= 0.3 is 5.97 Å². The minimum atomic E-state index is -1.23. The maximum atomic E-state index is 11.4. The van der Waals surface area contributed by atoms with E-state index >= 15 is 0 Å². The summed E-state index contributed by atoms with van der Waals surface area (Å²) in [6.45, 7) is 0. The number of rotatable bonds is 1. The maximum absolute atomic E-state index is 11.4. The summed E-state index contributed by atoms with van der Waals surface area (Å²) in [6.07, 6.45) is -0.486. The third-order valence-corrected chi connectivity index (χ3v) is 2.92. The van der Waals surface area contributed by atoms with Crippen LogP contribution < -0.4 is 0 Å². The summed E-state index contributed by atoms with van der Waals surface area (Å²) in [6, 6.07) is 8.50. The molecule has 0 aromatic heterocycles. The van der Waals surface area contributed by atoms with Crippen molar-refractivity contribution >= 4 is 23.0 Å². The van der Waals surface area contributed by atoms with Crippen LogP contribution in [0.1, 0.15) is 32.6 Å². The van der Waals surface area contributed by atoms with E-state index in [0.29, 0.717) is 22.1 Å². The molecule has 0 saturated heterocycles. The van der Waals surface area contributed by atoms with Crippen LogP contribution in [0.4, 0.5) is 0 Å². The van der Waals surface area contributed by atoms with E-state index < -0.39 is 12.3 Å². The molecule has 2 aromatic carbocycles. The molecule has 0 bridgehead atoms. The quantitative estimate of drug-likeness (QED) is 0.597. The smallest absolute Gasteiger partial charge is 0.341 e. The fraction of sp³-hybridized carbons (Fsp3) is 0.0769. The van der Waals surface area contributed by atoms with E-state index in [0.717, 1.165) is 11.7 Å². The Bertz CT molecular complexity index is 645. The van der Waals surface area contributed by atoms with Gasteiger partial charge in [0.1, 0.15) is 0 Å². The highest BCUT2D eigenvalue weighted by molar-refractivity contribution is 6.04. The number of aliphatic hydroxyl groups is 1. The predicted molar refractivity (Wildman–Crippen MR) is 59.7 cm³/mol. The highest BCUT2D eigenvalue weighted by Crippen LogP contribution is 2.32. The van der Waals surface area contributed by atoms with Gasteiger partial charge in [-0.15, -0.1) is 0 Å². The SMILES string of the molecule is O=Cc1cccc2cc3c(cc12)C(O)OC3=O. The number of cyclic esters (lactones) is 1. The van der Waals surface area contributed by atoms with Gasteiger partial charge in [-0.2, -0.15) is 0 Å². The molecule has 0 amide bonds. The van der Waals surface area contributed by atoms with Crippen LogP contribution in [0.5, 0.6) is 0 Å². The second-order valence-corrected chi connectivity index (χ2v) is 3.88. The number of fused-ring (bicyclic) bond motifs is 2. The molecule has 0 saturated carbocycles. The molecule has 1 atom stereocenters. The molecule has 2 aromatic rings. The number of aldehydes is 1. The molecule has 4 nitrogen and oxygen atoms in total. The normalized spacial score (nSPS) is 17.9. The number of hydrogen-bond donors (Lipinski definition) is 1. The van der Waals surface area contributed by atoms with Crippen molar-refractivity contribution < 1.29 is 19.4 Å². The average Bonchev–Trinajstić information content (AvgIpc) is 2.62. The molecule has 0 fully saturated rings. The first-order chi connectivity index (χ1) is 8.20. The lowest BCUT2D eigenvalue weighted by Crippen LogP contribution is -1.95. The van der Waals surface area contributed by atoms with Crippen molar-refractivity contribution in [2.45, 2.75) is 6.29 Å². The number of benzene rings is 2. The molecule has 0 aliphatic carbocycles. The molecule has 1 N–H and O–H groups in total. The largest absolute Gasteiger partial charge is 0.428 e. The lowest BCUT2D eigenvalue weighted by atomic mass is 9.99. The van der Waals surface area contributed by atoms with Crippen LogP contribution in [0.25, 0.3) is 10.8 Å². The van der Waals surface area contributed by atoms with E-state index in [1.165, 1.54) is 0 Å². The minimum Gasteiger partial charge on any atom is -0.428 e. The zero-order chi connectivity index (χ0) is 12.0. The van der Waals surface area contributed by atoms with E-state index in [1.807, 2.05) is 0 Å². The molecule has 4 heteroatoms. The van der Waals surface area contributed by atoms with Gasteiger partial charge in [-0.1, -0.05) is 18.2 Å². The molecule has 0 radical (unpaired) electrons. The average molecular weight is 228 g/mol. The number of carbonyl (C=O) groups excluding carboxylic acids is 2. The van der Waals surface area contributed by atoms with Crippen molar-refractivity contribution in [2.75, 3.05) is 0 Å². The first kappa shape index (κ1) is 9.99. The van der Waals surface area contributed by atoms with Crippen LogP contribution in [-0.4, -0.2) is 17.4 Å². The highest BCUT2D eigenvalue weighted by Gasteiger charge is 2.29. The van der Waals surface area contributed by atoms with Crippen LogP contribution in [0, 0.1) is 0 Å². The summed E-state index contributed by atoms with van der Waals surface area (Å²) in [7, 11) is 0. The number of esters is 1. The Kier molecular flexibility index (Phi) is 2.00. The third-order valence-electron chi connectivity index (χ3n) is 2.92. The summed E-state index contributed by atoms with van der Waals surface area (Å²) < 4.78 is 4.70. The standard InChI is InChI=1S/C13H8O4/c14-6-8-3-1-2-7-4-10-11(5-9(7)8)13(16)17-12(10)15/h1-6,13,16H. The second-order valence-electron chi connectivity index (χ2n) is 3.88. The van der Waals surface area contributed by atoms with E-state index in [-0.39, 0.29) is 0 Å². The Morgan fingerprint density at radius 2 is 2.12 bits per heavy atom. The van der Waals surface area contributed by atoms with Gasteiger partial charge in [0.15, 0.2) is 6.29 Å². The van der Waals surface area contributed by atoms with Crippen molar-refractivity contribution in [1.29, 1.82) is 0 Å². The molecule has 0 spiro atoms. The molecule has 3 rings (SSSR count). The lowest BCUT2D eigenvalue weighted by molar-refractivity contribution is -0.0547. The van der Waals surface area contributed by atoms with Crippen molar-refractivity contribution in [3.63, 3.8) is 0 Å². The van der Waals surface area contributed by atoms with Gasteiger partial charge in [0.05, 0.1) is 5.56 Å². The first-order valence-electron chi connectivity index (χ1n) is 5.11. The van der Waals surface area contributed by atoms with Crippen molar-refractivity contribution in [3.05, 3.63) is 47.0 Å². The zero-order valence-electron chi connectivity index (χ0n) is 8.71. The Morgan fingerprint density at radius 1 is 1.29 bits per heavy atom. The molecule has 1 unspecified atom stereocenters. The Morgan fingerprint density at radius 3 is 2.88 bits per heavy atom. The lowest BCUT2D eigenvalue weighted by Gasteiger charge is -2.04. The minimum absolute atomic E-state index is 0.355. The number of ether oxygens (including phenoxy) is 1. The van der Waals surface area contributed by atoms with Gasteiger partial charge in [-0.05, 0) is 22.9 Å². The second kappa shape index (κ2) is 3.40. The summed E-state index contributed by atoms with van der Waals surface area (Å²) >= 11 is 0. The summed E-state index contributed by atoms with van der Waals surface area (Å²) in [5.41, 5.74) is 1.29. The fourth-order valence-electron chi connectivity index (χ4n) is 2.08. The van der Waals surface area contributed by atoms with Gasteiger partial charge in [0.25, 0.3) is 0 Å². The van der Waals surface area contributed by atoms with Crippen LogP contribution in [0.3, 0.4) is 0 Å². The fourth-order valence-corrected chi connectivity index (χ4v) is 2.08. The molecule has 1 heterocycles. The molecule has 17 heavy (non-hydrogen) atoms. The van der Waals surface area contributed by atoms with Gasteiger partial charge in [0.2, 0.25) is 6.29 Å².